The summed E-state index contributed by atoms with van der Waals surface area (Å²) in [5.41, 5.74) is 3.91. The molecule has 3 rings (SSSR count). The van der Waals surface area contributed by atoms with E-state index in [-0.39, 0.29) is 5.91 Å². The van der Waals surface area contributed by atoms with Crippen molar-refractivity contribution in [3.05, 3.63) is 33.7 Å². The Morgan fingerprint density at radius 1 is 1.47 bits per heavy atom. The lowest BCUT2D eigenvalue weighted by atomic mass is 10.0. The fraction of sp³-hybridized carbons (Fsp3) is 0.417. The van der Waals surface area contributed by atoms with E-state index in [0.29, 0.717) is 0 Å². The summed E-state index contributed by atoms with van der Waals surface area (Å²) in [5.74, 6) is -0.307. The molecule has 0 aliphatic carbocycles. The molecule has 0 saturated carbocycles. The number of carbonyl (C=O) groups is 1. The maximum atomic E-state index is 11.6. The van der Waals surface area contributed by atoms with Crippen LogP contribution in [0.2, 0.25) is 0 Å². The van der Waals surface area contributed by atoms with Gasteiger partial charge >= 0.3 is 0 Å². The molecule has 1 amide bonds. The molecule has 2 aliphatic heterocycles. The lowest BCUT2D eigenvalue weighted by Crippen LogP contribution is -2.15. The van der Waals surface area contributed by atoms with Gasteiger partial charge in [0.1, 0.15) is 0 Å². The van der Waals surface area contributed by atoms with Crippen molar-refractivity contribution in [2.24, 2.45) is 5.18 Å². The minimum Gasteiger partial charge on any atom is -0.323 e. The largest absolute Gasteiger partial charge is 0.323 e. The van der Waals surface area contributed by atoms with Gasteiger partial charge in [0.2, 0.25) is 0 Å². The first-order valence-electron chi connectivity index (χ1n) is 5.75. The van der Waals surface area contributed by atoms with Crippen molar-refractivity contribution >= 4 is 11.6 Å². The van der Waals surface area contributed by atoms with Crippen LogP contribution in [0.1, 0.15) is 29.7 Å². The number of hydrogen-bond acceptors (Lipinski definition) is 4. The van der Waals surface area contributed by atoms with Crippen LogP contribution in [-0.4, -0.2) is 17.4 Å². The van der Waals surface area contributed by atoms with Crippen molar-refractivity contribution < 1.29 is 4.79 Å². The highest BCUT2D eigenvalue weighted by atomic mass is 16.3. The molecule has 0 radical (unpaired) electrons. The Hall–Kier alpha value is -1.75. The van der Waals surface area contributed by atoms with Gasteiger partial charge in [-0.05, 0) is 17.7 Å². The molecule has 1 atom stereocenters. The number of nitrogens with one attached hydrogen (secondary N) is 1. The van der Waals surface area contributed by atoms with E-state index in [0.717, 1.165) is 36.4 Å². The van der Waals surface area contributed by atoms with Gasteiger partial charge in [-0.1, -0.05) is 24.2 Å². The summed E-state index contributed by atoms with van der Waals surface area (Å²) < 4.78 is 0. The van der Waals surface area contributed by atoms with Crippen LogP contribution >= 0.6 is 0 Å². The van der Waals surface area contributed by atoms with Crippen LogP contribution in [0.15, 0.2) is 17.3 Å². The van der Waals surface area contributed by atoms with Crippen LogP contribution in [0.4, 0.5) is 5.69 Å². The molecular formula is C12H13N3O2. The second-order valence-corrected chi connectivity index (χ2v) is 4.47. The van der Waals surface area contributed by atoms with Gasteiger partial charge in [0.05, 0.1) is 5.69 Å². The molecule has 0 fully saturated rings. The molecule has 0 aromatic heterocycles. The molecule has 0 spiro atoms. The molecule has 5 nitrogen and oxygen atoms in total. The summed E-state index contributed by atoms with van der Waals surface area (Å²) in [4.78, 5) is 24.6. The van der Waals surface area contributed by atoms with Gasteiger partial charge in [-0.25, -0.2) is 0 Å². The van der Waals surface area contributed by atoms with Gasteiger partial charge in [-0.15, -0.1) is 4.91 Å². The summed E-state index contributed by atoms with van der Waals surface area (Å²) in [7, 11) is 0. The smallest absolute Gasteiger partial charge is 0.257 e. The van der Waals surface area contributed by atoms with Crippen LogP contribution in [0.25, 0.3) is 0 Å². The van der Waals surface area contributed by atoms with Gasteiger partial charge in [0.25, 0.3) is 5.91 Å². The van der Waals surface area contributed by atoms with Crippen molar-refractivity contribution in [3.8, 4) is 0 Å². The quantitative estimate of drug-likeness (QED) is 0.789. The van der Waals surface area contributed by atoms with E-state index in [1.807, 2.05) is 12.1 Å². The Balaban J connectivity index is 2.08. The van der Waals surface area contributed by atoms with E-state index in [9.17, 15) is 9.70 Å². The van der Waals surface area contributed by atoms with Gasteiger partial charge < -0.3 is 5.32 Å². The van der Waals surface area contributed by atoms with Crippen molar-refractivity contribution in [3.63, 3.8) is 0 Å². The van der Waals surface area contributed by atoms with E-state index in [4.69, 9.17) is 0 Å². The molecule has 2 heterocycles. The first-order chi connectivity index (χ1) is 8.24. The number of benzene rings is 1. The number of nitroso groups, excluding NO2 is 1. The summed E-state index contributed by atoms with van der Waals surface area (Å²) in [6, 6.07) is 2.98. The van der Waals surface area contributed by atoms with Crippen LogP contribution in [0.5, 0.6) is 0 Å². The number of nitrogens with zero attached hydrogens (tertiary/aromatic N) is 2. The summed E-state index contributed by atoms with van der Waals surface area (Å²) >= 11 is 0. The zero-order valence-corrected chi connectivity index (χ0v) is 9.56. The minimum absolute atomic E-state index is 0.307. The Morgan fingerprint density at radius 2 is 2.29 bits per heavy atom. The fourth-order valence-corrected chi connectivity index (χ4v) is 2.59. The van der Waals surface area contributed by atoms with E-state index in [2.05, 4.69) is 22.3 Å². The number of hydrogen-bond donors (Lipinski definition) is 1. The highest BCUT2D eigenvalue weighted by Gasteiger charge is 2.35. The number of carbonyl (C=O) groups excluding carboxylic acids is 1. The average Bonchev–Trinajstić information content (AvgIpc) is 2.87. The maximum Gasteiger partial charge on any atom is 0.257 e. The second-order valence-electron chi connectivity index (χ2n) is 4.47. The number of anilines is 1. The first kappa shape index (κ1) is 10.4. The molecular weight excluding hydrogens is 218 g/mol. The van der Waals surface area contributed by atoms with Crippen LogP contribution in [-0.2, 0) is 17.9 Å². The number of fused-ring (bicyclic) bond motifs is 3. The average molecular weight is 231 g/mol. The molecule has 1 unspecified atom stereocenters. The Morgan fingerprint density at radius 3 is 3.00 bits per heavy atom. The van der Waals surface area contributed by atoms with E-state index < -0.39 is 6.04 Å². The third-order valence-corrected chi connectivity index (χ3v) is 3.56. The molecule has 1 N–H and O–H groups in total. The van der Waals surface area contributed by atoms with Gasteiger partial charge in [0.15, 0.2) is 6.04 Å². The summed E-state index contributed by atoms with van der Waals surface area (Å²) in [5, 5.41) is 5.68. The molecule has 17 heavy (non-hydrogen) atoms. The highest BCUT2D eigenvalue weighted by Crippen LogP contribution is 2.40. The molecule has 5 heteroatoms. The predicted molar refractivity (Wildman–Crippen MR) is 63.4 cm³/mol. The van der Waals surface area contributed by atoms with Crippen LogP contribution in [0.3, 0.4) is 0 Å². The lowest BCUT2D eigenvalue weighted by Gasteiger charge is -2.10. The van der Waals surface area contributed by atoms with Gasteiger partial charge in [-0.3, -0.25) is 9.69 Å². The second kappa shape index (κ2) is 3.63. The third-order valence-electron chi connectivity index (χ3n) is 3.56. The van der Waals surface area contributed by atoms with Gasteiger partial charge in [0, 0.05) is 18.7 Å². The van der Waals surface area contributed by atoms with Crippen molar-refractivity contribution in [1.29, 1.82) is 0 Å². The Labute approximate surface area is 98.8 Å². The standard InChI is InChI=1S/C12H13N3O2/c1-2-15-5-7-3-4-8-10(9(7)6-15)13-12(16)11(8)14-17/h3-4,11H,2,5-6H2,1H3,(H,13,16). The zero-order valence-electron chi connectivity index (χ0n) is 9.56. The predicted octanol–water partition coefficient (Wildman–Crippen LogP) is 1.78. The minimum atomic E-state index is -0.869. The van der Waals surface area contributed by atoms with Crippen molar-refractivity contribution in [1.82, 2.24) is 4.90 Å². The molecule has 88 valence electrons. The van der Waals surface area contributed by atoms with Crippen molar-refractivity contribution in [2.45, 2.75) is 26.1 Å². The summed E-state index contributed by atoms with van der Waals surface area (Å²) in [6.45, 7) is 4.84. The zero-order chi connectivity index (χ0) is 12.0. The third kappa shape index (κ3) is 1.39. The molecule has 0 saturated heterocycles. The molecule has 1 aromatic carbocycles. The normalized spacial score (nSPS) is 22.2. The van der Waals surface area contributed by atoms with Crippen LogP contribution < -0.4 is 5.32 Å². The Kier molecular flexibility index (Phi) is 2.22. The molecule has 1 aromatic rings. The summed E-state index contributed by atoms with van der Waals surface area (Å²) in [6.07, 6.45) is 0. The van der Waals surface area contributed by atoms with Crippen LogP contribution in [0, 0.1) is 4.91 Å². The van der Waals surface area contributed by atoms with Crippen molar-refractivity contribution in [2.75, 3.05) is 11.9 Å². The monoisotopic (exact) mass is 231 g/mol. The lowest BCUT2D eigenvalue weighted by molar-refractivity contribution is -0.116. The van der Waals surface area contributed by atoms with E-state index >= 15 is 0 Å². The topological polar surface area (TPSA) is 61.8 Å². The number of rotatable bonds is 2. The Bertz CT molecular complexity index is 513. The SMILES string of the molecule is CCN1Cc2ccc3c(c2C1)NC(=O)C3N=O. The molecule has 2 aliphatic rings. The fourth-order valence-electron chi connectivity index (χ4n) is 2.59. The van der Waals surface area contributed by atoms with Gasteiger partial charge in [-0.2, -0.15) is 0 Å². The van der Waals surface area contributed by atoms with E-state index in [1.54, 1.807) is 0 Å². The number of amides is 1. The van der Waals surface area contributed by atoms with E-state index in [1.165, 1.54) is 5.56 Å². The molecule has 0 bridgehead atoms. The highest BCUT2D eigenvalue weighted by molar-refractivity contribution is 6.03. The first-order valence-corrected chi connectivity index (χ1v) is 5.75. The maximum absolute atomic E-state index is 11.6.